The lowest BCUT2D eigenvalue weighted by Gasteiger charge is -2.04. The fraction of sp³-hybridized carbons (Fsp3) is 0.0833. The van der Waals surface area contributed by atoms with Gasteiger partial charge in [-0.1, -0.05) is 29.0 Å². The SMILES string of the molecule is CNC(=O)c1cccc(C(=O)Nc2ncc(Cl)s2)c1. The van der Waals surface area contributed by atoms with E-state index < -0.39 is 0 Å². The second-order valence-electron chi connectivity index (χ2n) is 3.58. The number of nitrogens with one attached hydrogen (secondary N) is 2. The van der Waals surface area contributed by atoms with Crippen molar-refractivity contribution in [3.8, 4) is 0 Å². The molecule has 2 aromatic rings. The monoisotopic (exact) mass is 295 g/mol. The van der Waals surface area contributed by atoms with Crippen LogP contribution in [-0.2, 0) is 0 Å². The summed E-state index contributed by atoms with van der Waals surface area (Å²) in [7, 11) is 1.53. The Labute approximate surface area is 118 Å². The number of hydrogen-bond donors (Lipinski definition) is 2. The third-order valence-electron chi connectivity index (χ3n) is 2.31. The van der Waals surface area contributed by atoms with Gasteiger partial charge in [-0.05, 0) is 18.2 Å². The van der Waals surface area contributed by atoms with E-state index in [1.807, 2.05) is 0 Å². The lowest BCUT2D eigenvalue weighted by atomic mass is 10.1. The number of thiazole rings is 1. The van der Waals surface area contributed by atoms with Gasteiger partial charge < -0.3 is 5.32 Å². The van der Waals surface area contributed by atoms with Crippen LogP contribution in [0.1, 0.15) is 20.7 Å². The van der Waals surface area contributed by atoms with Crippen molar-refractivity contribution in [2.24, 2.45) is 0 Å². The zero-order chi connectivity index (χ0) is 13.8. The molecule has 0 radical (unpaired) electrons. The third-order valence-corrected chi connectivity index (χ3v) is 3.34. The molecule has 0 aliphatic rings. The highest BCUT2D eigenvalue weighted by Crippen LogP contribution is 2.23. The minimum Gasteiger partial charge on any atom is -0.355 e. The van der Waals surface area contributed by atoms with Gasteiger partial charge in [-0.2, -0.15) is 0 Å². The van der Waals surface area contributed by atoms with E-state index in [0.717, 1.165) is 0 Å². The molecule has 0 spiro atoms. The van der Waals surface area contributed by atoms with Crippen molar-refractivity contribution in [1.29, 1.82) is 0 Å². The molecule has 0 saturated carbocycles. The summed E-state index contributed by atoms with van der Waals surface area (Å²) in [6.45, 7) is 0. The standard InChI is InChI=1S/C12H10ClN3O2S/c1-14-10(17)7-3-2-4-8(5-7)11(18)16-12-15-6-9(13)19-12/h2-6H,1H3,(H,14,17)(H,15,16,18). The summed E-state index contributed by atoms with van der Waals surface area (Å²) in [5, 5.41) is 5.53. The molecule has 1 aromatic heterocycles. The van der Waals surface area contributed by atoms with Crippen LogP contribution >= 0.6 is 22.9 Å². The van der Waals surface area contributed by atoms with Crippen LogP contribution in [0.25, 0.3) is 0 Å². The lowest BCUT2D eigenvalue weighted by Crippen LogP contribution is -2.19. The second kappa shape index (κ2) is 5.81. The molecule has 0 bridgehead atoms. The van der Waals surface area contributed by atoms with E-state index in [2.05, 4.69) is 15.6 Å². The van der Waals surface area contributed by atoms with E-state index in [0.29, 0.717) is 20.6 Å². The zero-order valence-electron chi connectivity index (χ0n) is 9.94. The molecule has 0 saturated heterocycles. The molecule has 2 rings (SSSR count). The molecule has 98 valence electrons. The molecule has 7 heteroatoms. The van der Waals surface area contributed by atoms with Gasteiger partial charge in [0, 0.05) is 18.2 Å². The minimum absolute atomic E-state index is 0.244. The predicted octanol–water partition coefficient (Wildman–Crippen LogP) is 2.41. The van der Waals surface area contributed by atoms with Crippen LogP contribution in [0.15, 0.2) is 30.5 Å². The molecular weight excluding hydrogens is 286 g/mol. The largest absolute Gasteiger partial charge is 0.355 e. The summed E-state index contributed by atoms with van der Waals surface area (Å²) in [5.74, 6) is -0.580. The maximum Gasteiger partial charge on any atom is 0.257 e. The first-order valence-corrected chi connectivity index (χ1v) is 6.54. The predicted molar refractivity (Wildman–Crippen MR) is 74.9 cm³/mol. The van der Waals surface area contributed by atoms with Gasteiger partial charge in [0.05, 0.1) is 6.20 Å². The fourth-order valence-electron chi connectivity index (χ4n) is 1.43. The number of carbonyl (C=O) groups excluding carboxylic acids is 2. The Kier molecular flexibility index (Phi) is 4.13. The molecule has 0 aliphatic carbocycles. The van der Waals surface area contributed by atoms with Crippen molar-refractivity contribution in [3.05, 3.63) is 45.9 Å². The summed E-state index contributed by atoms with van der Waals surface area (Å²) in [4.78, 5) is 27.4. The minimum atomic E-state index is -0.336. The Morgan fingerprint density at radius 3 is 2.53 bits per heavy atom. The van der Waals surface area contributed by atoms with Crippen LogP contribution in [0.3, 0.4) is 0 Å². The van der Waals surface area contributed by atoms with Crippen LogP contribution in [-0.4, -0.2) is 23.8 Å². The van der Waals surface area contributed by atoms with E-state index in [1.54, 1.807) is 18.2 Å². The number of hydrogen-bond acceptors (Lipinski definition) is 4. The quantitative estimate of drug-likeness (QED) is 0.913. The first kappa shape index (κ1) is 13.5. The second-order valence-corrected chi connectivity index (χ2v) is 5.25. The number of amides is 2. The Morgan fingerprint density at radius 2 is 1.95 bits per heavy atom. The maximum atomic E-state index is 12.0. The molecule has 0 aliphatic heterocycles. The topological polar surface area (TPSA) is 71.1 Å². The molecule has 5 nitrogen and oxygen atoms in total. The molecule has 2 N–H and O–H groups in total. The molecule has 1 heterocycles. The van der Waals surface area contributed by atoms with Crippen LogP contribution in [0, 0.1) is 0 Å². The van der Waals surface area contributed by atoms with E-state index in [9.17, 15) is 9.59 Å². The van der Waals surface area contributed by atoms with Gasteiger partial charge in [0.15, 0.2) is 5.13 Å². The summed E-state index contributed by atoms with van der Waals surface area (Å²) in [6.07, 6.45) is 1.46. The maximum absolute atomic E-state index is 12.0. The highest BCUT2D eigenvalue weighted by Gasteiger charge is 2.11. The molecular formula is C12H10ClN3O2S. The van der Waals surface area contributed by atoms with Gasteiger partial charge in [-0.25, -0.2) is 4.98 Å². The Balaban J connectivity index is 2.17. The van der Waals surface area contributed by atoms with Gasteiger partial charge in [0.25, 0.3) is 11.8 Å². The number of carbonyl (C=O) groups is 2. The van der Waals surface area contributed by atoms with Gasteiger partial charge in [0.1, 0.15) is 4.34 Å². The first-order chi connectivity index (χ1) is 9.10. The molecule has 1 aromatic carbocycles. The van der Waals surface area contributed by atoms with Crippen LogP contribution in [0.5, 0.6) is 0 Å². The molecule has 19 heavy (non-hydrogen) atoms. The number of anilines is 1. The molecule has 0 atom stereocenters. The van der Waals surface area contributed by atoms with Gasteiger partial charge in [0.2, 0.25) is 0 Å². The average molecular weight is 296 g/mol. The van der Waals surface area contributed by atoms with Gasteiger partial charge in [-0.15, -0.1) is 0 Å². The number of nitrogens with zero attached hydrogens (tertiary/aromatic N) is 1. The van der Waals surface area contributed by atoms with Crippen molar-refractivity contribution in [2.75, 3.05) is 12.4 Å². The van der Waals surface area contributed by atoms with Crippen molar-refractivity contribution >= 4 is 39.9 Å². The highest BCUT2D eigenvalue weighted by atomic mass is 35.5. The average Bonchev–Trinajstić information content (AvgIpc) is 2.83. The van der Waals surface area contributed by atoms with Crippen LogP contribution < -0.4 is 10.6 Å². The van der Waals surface area contributed by atoms with Crippen molar-refractivity contribution in [3.63, 3.8) is 0 Å². The smallest absolute Gasteiger partial charge is 0.257 e. The van der Waals surface area contributed by atoms with E-state index >= 15 is 0 Å². The summed E-state index contributed by atoms with van der Waals surface area (Å²) >= 11 is 6.90. The van der Waals surface area contributed by atoms with Gasteiger partial charge >= 0.3 is 0 Å². The number of halogens is 1. The Bertz CT molecular complexity index is 627. The fourth-order valence-corrected chi connectivity index (χ4v) is 2.23. The molecule has 2 amide bonds. The summed E-state index contributed by atoms with van der Waals surface area (Å²) in [6, 6.07) is 6.42. The number of aromatic nitrogens is 1. The molecule has 0 unspecified atom stereocenters. The Morgan fingerprint density at radius 1 is 1.26 bits per heavy atom. The number of rotatable bonds is 3. The number of benzene rings is 1. The van der Waals surface area contributed by atoms with Crippen molar-refractivity contribution in [2.45, 2.75) is 0 Å². The Hall–Kier alpha value is -1.92. The van der Waals surface area contributed by atoms with Gasteiger partial charge in [-0.3, -0.25) is 14.9 Å². The lowest BCUT2D eigenvalue weighted by molar-refractivity contribution is 0.0963. The van der Waals surface area contributed by atoms with Crippen molar-refractivity contribution in [1.82, 2.24) is 10.3 Å². The van der Waals surface area contributed by atoms with Crippen LogP contribution in [0.2, 0.25) is 4.34 Å². The first-order valence-electron chi connectivity index (χ1n) is 5.35. The normalized spacial score (nSPS) is 10.0. The van der Waals surface area contributed by atoms with E-state index in [4.69, 9.17) is 11.6 Å². The summed E-state index contributed by atoms with van der Waals surface area (Å²) in [5.41, 5.74) is 0.805. The summed E-state index contributed by atoms with van der Waals surface area (Å²) < 4.78 is 0.495. The third kappa shape index (κ3) is 3.30. The van der Waals surface area contributed by atoms with Crippen LogP contribution in [0.4, 0.5) is 5.13 Å². The van der Waals surface area contributed by atoms with E-state index in [1.165, 1.54) is 30.6 Å². The van der Waals surface area contributed by atoms with E-state index in [-0.39, 0.29) is 11.8 Å². The van der Waals surface area contributed by atoms with Crippen molar-refractivity contribution < 1.29 is 9.59 Å². The highest BCUT2D eigenvalue weighted by molar-refractivity contribution is 7.19. The zero-order valence-corrected chi connectivity index (χ0v) is 11.5. The molecule has 0 fully saturated rings.